The van der Waals surface area contributed by atoms with Gasteiger partial charge in [-0.15, -0.1) is 0 Å². The number of nitrogens with one attached hydrogen (secondary N) is 3. The van der Waals surface area contributed by atoms with Crippen LogP contribution in [0.15, 0.2) is 42.5 Å². The molecule has 2 aromatic carbocycles. The monoisotopic (exact) mass is 475 g/mol. The fraction of sp³-hybridized carbons (Fsp3) is 0.333. The molecule has 2 aliphatic rings. The second-order valence-corrected chi connectivity index (χ2v) is 9.13. The van der Waals surface area contributed by atoms with Crippen molar-refractivity contribution >= 4 is 28.9 Å². The summed E-state index contributed by atoms with van der Waals surface area (Å²) in [5, 5.41) is 6.58. The molecule has 3 N–H and O–H groups in total. The second kappa shape index (κ2) is 10.0. The Balaban J connectivity index is 1.34. The molecular weight excluding hydrogens is 445 g/mol. The Labute approximate surface area is 204 Å². The fourth-order valence-corrected chi connectivity index (χ4v) is 4.78. The highest BCUT2D eigenvalue weighted by molar-refractivity contribution is 6.35. The lowest BCUT2D eigenvalue weighted by Gasteiger charge is -2.32. The molecule has 2 aliphatic heterocycles. The van der Waals surface area contributed by atoms with Gasteiger partial charge in [-0.1, -0.05) is 12.1 Å². The van der Waals surface area contributed by atoms with E-state index in [1.807, 2.05) is 31.2 Å². The summed E-state index contributed by atoms with van der Waals surface area (Å²) in [5.41, 5.74) is 5.36. The number of fused-ring (bicyclic) bond motifs is 1. The Morgan fingerprint density at radius 2 is 2.06 bits per heavy atom. The van der Waals surface area contributed by atoms with Crippen LogP contribution < -0.4 is 10.6 Å². The number of hydrogen-bond acceptors (Lipinski definition) is 5. The van der Waals surface area contributed by atoms with Crippen LogP contribution in [0.3, 0.4) is 0 Å². The molecule has 7 nitrogen and oxygen atoms in total. The van der Waals surface area contributed by atoms with Crippen molar-refractivity contribution < 1.29 is 13.9 Å². The molecule has 35 heavy (non-hydrogen) atoms. The molecule has 0 aliphatic carbocycles. The molecule has 182 valence electrons. The molecule has 1 saturated heterocycles. The van der Waals surface area contributed by atoms with Crippen LogP contribution >= 0.6 is 0 Å². The van der Waals surface area contributed by atoms with Crippen LogP contribution in [0.1, 0.15) is 29.9 Å². The topological polar surface area (TPSA) is 82.3 Å². The maximum absolute atomic E-state index is 13.7. The third-order valence-corrected chi connectivity index (χ3v) is 6.65. The van der Waals surface area contributed by atoms with Crippen LogP contribution in [0.4, 0.5) is 15.8 Å². The molecule has 0 radical (unpaired) electrons. The number of aromatic nitrogens is 2. The maximum atomic E-state index is 13.7. The number of piperidine rings is 1. The Hall–Kier alpha value is -3.49. The number of aromatic amines is 1. The van der Waals surface area contributed by atoms with Crippen molar-refractivity contribution in [2.75, 3.05) is 44.0 Å². The number of ether oxygens (including phenoxy) is 1. The van der Waals surface area contributed by atoms with Gasteiger partial charge in [0.15, 0.2) is 0 Å². The van der Waals surface area contributed by atoms with Crippen LogP contribution in [0.5, 0.6) is 0 Å². The molecule has 1 fully saturated rings. The summed E-state index contributed by atoms with van der Waals surface area (Å²) in [6, 6.07) is 12.7. The summed E-state index contributed by atoms with van der Waals surface area (Å²) in [6.07, 6.45) is 3.89. The lowest BCUT2D eigenvalue weighted by atomic mass is 10.0. The SMILES string of the molecule is COCCN1CCC(Nc2ccc3c(c2)C(=Cc2nc(-c4cccc(F)c4)c(C)[nH]2)C(=O)N3)CC1. The van der Waals surface area contributed by atoms with Gasteiger partial charge >= 0.3 is 0 Å². The Kier molecular flexibility index (Phi) is 6.66. The van der Waals surface area contributed by atoms with Crippen molar-refractivity contribution in [3.63, 3.8) is 0 Å². The number of hydrogen-bond donors (Lipinski definition) is 3. The van der Waals surface area contributed by atoms with E-state index in [1.165, 1.54) is 12.1 Å². The Bertz CT molecular complexity index is 1260. The van der Waals surface area contributed by atoms with Crippen LogP contribution in [0.25, 0.3) is 22.9 Å². The minimum absolute atomic E-state index is 0.162. The molecule has 3 aromatic rings. The third kappa shape index (κ3) is 5.13. The highest BCUT2D eigenvalue weighted by Gasteiger charge is 2.26. The van der Waals surface area contributed by atoms with Gasteiger partial charge in [0.25, 0.3) is 5.91 Å². The van der Waals surface area contributed by atoms with Gasteiger partial charge in [-0.2, -0.15) is 0 Å². The summed E-state index contributed by atoms with van der Waals surface area (Å²) in [6.45, 7) is 5.71. The minimum atomic E-state index is -0.311. The maximum Gasteiger partial charge on any atom is 0.256 e. The number of carbonyl (C=O) groups is 1. The second-order valence-electron chi connectivity index (χ2n) is 9.13. The van der Waals surface area contributed by atoms with Gasteiger partial charge in [0.05, 0.1) is 17.9 Å². The van der Waals surface area contributed by atoms with Crippen molar-refractivity contribution in [2.24, 2.45) is 0 Å². The quantitative estimate of drug-likeness (QED) is 0.437. The average molecular weight is 476 g/mol. The van der Waals surface area contributed by atoms with Crippen LogP contribution in [-0.2, 0) is 9.53 Å². The van der Waals surface area contributed by atoms with E-state index in [9.17, 15) is 9.18 Å². The van der Waals surface area contributed by atoms with Gasteiger partial charge in [0.1, 0.15) is 11.6 Å². The van der Waals surface area contributed by atoms with Crippen molar-refractivity contribution in [1.29, 1.82) is 0 Å². The largest absolute Gasteiger partial charge is 0.383 e. The number of amides is 1. The third-order valence-electron chi connectivity index (χ3n) is 6.65. The number of likely N-dealkylation sites (tertiary alicyclic amines) is 1. The average Bonchev–Trinajstić information content (AvgIpc) is 3.37. The van der Waals surface area contributed by atoms with E-state index in [0.717, 1.165) is 61.7 Å². The molecule has 1 amide bonds. The van der Waals surface area contributed by atoms with Gasteiger partial charge in [-0.3, -0.25) is 4.79 Å². The Morgan fingerprint density at radius 1 is 1.23 bits per heavy atom. The van der Waals surface area contributed by atoms with E-state index in [0.29, 0.717) is 28.7 Å². The van der Waals surface area contributed by atoms with Crippen molar-refractivity contribution in [2.45, 2.75) is 25.8 Å². The van der Waals surface area contributed by atoms with Crippen LogP contribution in [0.2, 0.25) is 0 Å². The number of benzene rings is 2. The Morgan fingerprint density at radius 3 is 2.83 bits per heavy atom. The number of methoxy groups -OCH3 is 1. The normalized spacial score (nSPS) is 17.6. The predicted molar refractivity (Wildman–Crippen MR) is 137 cm³/mol. The number of carbonyl (C=O) groups excluding carboxylic acids is 1. The van der Waals surface area contributed by atoms with Gasteiger partial charge in [0, 0.05) is 61.0 Å². The molecule has 0 unspecified atom stereocenters. The number of rotatable bonds is 7. The highest BCUT2D eigenvalue weighted by atomic mass is 19.1. The number of imidazole rings is 1. The van der Waals surface area contributed by atoms with Gasteiger partial charge in [-0.25, -0.2) is 9.37 Å². The zero-order valence-corrected chi connectivity index (χ0v) is 20.0. The summed E-state index contributed by atoms with van der Waals surface area (Å²) < 4.78 is 18.9. The van der Waals surface area contributed by atoms with E-state index in [4.69, 9.17) is 4.74 Å². The number of nitrogens with zero attached hydrogens (tertiary/aromatic N) is 2. The molecular formula is C27H30FN5O2. The smallest absolute Gasteiger partial charge is 0.256 e. The predicted octanol–water partition coefficient (Wildman–Crippen LogP) is 4.54. The number of H-pyrrole nitrogens is 1. The van der Waals surface area contributed by atoms with Crippen LogP contribution in [0, 0.1) is 12.7 Å². The lowest BCUT2D eigenvalue weighted by molar-refractivity contribution is -0.110. The van der Waals surface area contributed by atoms with E-state index in [-0.39, 0.29) is 11.7 Å². The van der Waals surface area contributed by atoms with E-state index in [2.05, 4.69) is 25.5 Å². The van der Waals surface area contributed by atoms with Crippen molar-refractivity contribution in [3.8, 4) is 11.3 Å². The first-order chi connectivity index (χ1) is 17.0. The molecule has 0 spiro atoms. The first-order valence-corrected chi connectivity index (χ1v) is 12.0. The van der Waals surface area contributed by atoms with Crippen molar-refractivity contribution in [1.82, 2.24) is 14.9 Å². The van der Waals surface area contributed by atoms with E-state index >= 15 is 0 Å². The standard InChI is InChI=1S/C27H30FN5O2/c1-17-26(18-4-3-5-19(28)14-18)32-25(29-17)16-23-22-15-21(6-7-24(22)31-27(23)34)30-20-8-10-33(11-9-20)12-13-35-2/h3-7,14-16,20,30H,8-13H2,1-2H3,(H,29,32)(H,31,34). The van der Waals surface area contributed by atoms with Gasteiger partial charge in [0.2, 0.25) is 0 Å². The summed E-state index contributed by atoms with van der Waals surface area (Å²) in [4.78, 5) is 23.0. The first-order valence-electron chi connectivity index (χ1n) is 12.0. The van der Waals surface area contributed by atoms with Crippen LogP contribution in [-0.4, -0.2) is 60.2 Å². The number of halogens is 1. The van der Waals surface area contributed by atoms with Gasteiger partial charge in [-0.05, 0) is 56.2 Å². The first kappa shape index (κ1) is 23.3. The minimum Gasteiger partial charge on any atom is -0.383 e. The number of anilines is 2. The van der Waals surface area contributed by atoms with E-state index in [1.54, 1.807) is 19.3 Å². The lowest BCUT2D eigenvalue weighted by Crippen LogP contribution is -2.40. The molecule has 8 heteroatoms. The summed E-state index contributed by atoms with van der Waals surface area (Å²) in [5.74, 6) is 0.0843. The molecule has 5 rings (SSSR count). The number of aryl methyl sites for hydroxylation is 1. The molecule has 0 atom stereocenters. The molecule has 3 heterocycles. The summed E-state index contributed by atoms with van der Waals surface area (Å²) in [7, 11) is 1.74. The highest BCUT2D eigenvalue weighted by Crippen LogP contribution is 2.35. The van der Waals surface area contributed by atoms with Crippen molar-refractivity contribution in [3.05, 3.63) is 65.4 Å². The fourth-order valence-electron chi connectivity index (χ4n) is 4.78. The molecule has 0 bridgehead atoms. The summed E-state index contributed by atoms with van der Waals surface area (Å²) >= 11 is 0. The van der Waals surface area contributed by atoms with Gasteiger partial charge < -0.3 is 25.3 Å². The zero-order chi connectivity index (χ0) is 24.4. The molecule has 0 saturated carbocycles. The van der Waals surface area contributed by atoms with E-state index < -0.39 is 0 Å². The zero-order valence-electron chi connectivity index (χ0n) is 20.0. The molecule has 1 aromatic heterocycles.